The van der Waals surface area contributed by atoms with Crippen LogP contribution in [0.1, 0.15) is 27.2 Å². The number of hydrogen-bond acceptors (Lipinski definition) is 2. The van der Waals surface area contributed by atoms with Crippen LogP contribution in [-0.4, -0.2) is 13.2 Å². The second kappa shape index (κ2) is 6.23. The lowest BCUT2D eigenvalue weighted by Crippen LogP contribution is -2.12. The number of anilines is 1. The van der Waals surface area contributed by atoms with Gasteiger partial charge in [0.15, 0.2) is 0 Å². The molecule has 5 heteroatoms. The van der Waals surface area contributed by atoms with Crippen LogP contribution in [0.5, 0.6) is 5.75 Å². The third-order valence-corrected chi connectivity index (χ3v) is 2.65. The molecular formula is C13H18ClF2NO. The topological polar surface area (TPSA) is 21.3 Å². The summed E-state index contributed by atoms with van der Waals surface area (Å²) < 4.78 is 28.3. The first kappa shape index (κ1) is 15.0. The highest BCUT2D eigenvalue weighted by molar-refractivity contribution is 6.32. The highest BCUT2D eigenvalue weighted by Crippen LogP contribution is 2.29. The summed E-state index contributed by atoms with van der Waals surface area (Å²) in [5.41, 5.74) is 1.04. The van der Waals surface area contributed by atoms with Crippen molar-refractivity contribution in [3.8, 4) is 5.75 Å². The molecule has 18 heavy (non-hydrogen) atoms. The van der Waals surface area contributed by atoms with Gasteiger partial charge in [-0.15, -0.1) is 0 Å². The molecule has 102 valence electrons. The average Bonchev–Trinajstić information content (AvgIpc) is 2.19. The molecule has 1 N–H and O–H groups in total. The van der Waals surface area contributed by atoms with Crippen LogP contribution in [-0.2, 0) is 0 Å². The van der Waals surface area contributed by atoms with Crippen molar-refractivity contribution in [3.05, 3.63) is 23.2 Å². The smallest absolute Gasteiger partial charge is 0.387 e. The lowest BCUT2D eigenvalue weighted by Gasteiger charge is -2.18. The molecule has 1 aromatic rings. The number of hydrogen-bond donors (Lipinski definition) is 1. The molecule has 0 spiro atoms. The fraction of sp³-hybridized carbons (Fsp3) is 0.538. The number of nitrogens with one attached hydrogen (secondary N) is 1. The van der Waals surface area contributed by atoms with Gasteiger partial charge in [0.05, 0.1) is 5.02 Å². The maximum Gasteiger partial charge on any atom is 0.387 e. The summed E-state index contributed by atoms with van der Waals surface area (Å²) >= 11 is 5.84. The Morgan fingerprint density at radius 2 is 2.00 bits per heavy atom. The van der Waals surface area contributed by atoms with Crippen molar-refractivity contribution < 1.29 is 13.5 Å². The summed E-state index contributed by atoms with van der Waals surface area (Å²) in [5, 5.41) is 3.37. The predicted molar refractivity (Wildman–Crippen MR) is 70.6 cm³/mol. The fourth-order valence-corrected chi connectivity index (χ4v) is 1.61. The van der Waals surface area contributed by atoms with E-state index in [1.165, 1.54) is 6.07 Å². The molecule has 0 amide bonds. The molecule has 1 aromatic carbocycles. The van der Waals surface area contributed by atoms with E-state index in [0.29, 0.717) is 0 Å². The van der Waals surface area contributed by atoms with E-state index in [9.17, 15) is 8.78 Å². The van der Waals surface area contributed by atoms with Crippen molar-refractivity contribution in [2.75, 3.05) is 11.9 Å². The molecule has 0 atom stereocenters. The molecule has 0 aliphatic rings. The summed E-state index contributed by atoms with van der Waals surface area (Å²) in [6, 6.07) is 4.70. The number of benzene rings is 1. The van der Waals surface area contributed by atoms with Crippen LogP contribution in [0.15, 0.2) is 18.2 Å². The largest absolute Gasteiger partial charge is 0.433 e. The Hall–Kier alpha value is -1.03. The third kappa shape index (κ3) is 5.54. The van der Waals surface area contributed by atoms with E-state index >= 15 is 0 Å². The van der Waals surface area contributed by atoms with Crippen LogP contribution >= 0.6 is 11.6 Å². The van der Waals surface area contributed by atoms with Crippen molar-refractivity contribution >= 4 is 17.3 Å². The summed E-state index contributed by atoms with van der Waals surface area (Å²) in [7, 11) is 0. The Morgan fingerprint density at radius 3 is 2.50 bits per heavy atom. The van der Waals surface area contributed by atoms with Crippen LogP contribution in [0.4, 0.5) is 14.5 Å². The Morgan fingerprint density at radius 1 is 1.33 bits per heavy atom. The van der Waals surface area contributed by atoms with Gasteiger partial charge in [-0.1, -0.05) is 32.4 Å². The average molecular weight is 278 g/mol. The zero-order valence-corrected chi connectivity index (χ0v) is 11.5. The van der Waals surface area contributed by atoms with Crippen molar-refractivity contribution in [1.29, 1.82) is 0 Å². The zero-order chi connectivity index (χ0) is 13.8. The normalized spacial score (nSPS) is 11.7. The summed E-state index contributed by atoms with van der Waals surface area (Å²) in [6.45, 7) is 4.40. The Balaban J connectivity index is 2.56. The van der Waals surface area contributed by atoms with Gasteiger partial charge in [0.2, 0.25) is 0 Å². The number of ether oxygens (including phenoxy) is 1. The van der Waals surface area contributed by atoms with E-state index < -0.39 is 6.61 Å². The molecule has 0 saturated carbocycles. The predicted octanol–water partition coefficient (Wildman–Crippen LogP) is 4.79. The van der Waals surface area contributed by atoms with Crippen molar-refractivity contribution in [1.82, 2.24) is 0 Å². The first-order chi connectivity index (χ1) is 8.28. The minimum atomic E-state index is -2.86. The van der Waals surface area contributed by atoms with Gasteiger partial charge in [-0.2, -0.15) is 8.78 Å². The monoisotopic (exact) mass is 277 g/mol. The van der Waals surface area contributed by atoms with E-state index in [1.54, 1.807) is 12.1 Å². The molecule has 0 fully saturated rings. The third-order valence-electron chi connectivity index (χ3n) is 2.35. The highest BCUT2D eigenvalue weighted by atomic mass is 35.5. The standard InChI is InChI=1S/C13H18ClF2NO/c1-13(2,3)6-7-17-9-4-5-11(10(14)8-9)18-12(15)16/h4-5,8,12,17H,6-7H2,1-3H3. The van der Waals surface area contributed by atoms with Gasteiger partial charge in [0.1, 0.15) is 5.75 Å². The van der Waals surface area contributed by atoms with Crippen molar-refractivity contribution in [3.63, 3.8) is 0 Å². The van der Waals surface area contributed by atoms with Gasteiger partial charge < -0.3 is 10.1 Å². The van der Waals surface area contributed by atoms with Gasteiger partial charge in [-0.3, -0.25) is 0 Å². The first-order valence-electron chi connectivity index (χ1n) is 5.76. The fourth-order valence-electron chi connectivity index (χ4n) is 1.38. The zero-order valence-electron chi connectivity index (χ0n) is 10.8. The van der Waals surface area contributed by atoms with E-state index in [1.807, 2.05) is 0 Å². The highest BCUT2D eigenvalue weighted by Gasteiger charge is 2.11. The lowest BCUT2D eigenvalue weighted by molar-refractivity contribution is -0.0497. The van der Waals surface area contributed by atoms with E-state index in [4.69, 9.17) is 11.6 Å². The minimum Gasteiger partial charge on any atom is -0.433 e. The number of alkyl halides is 2. The quantitative estimate of drug-likeness (QED) is 0.835. The van der Waals surface area contributed by atoms with Crippen LogP contribution in [0, 0.1) is 5.41 Å². The first-order valence-corrected chi connectivity index (χ1v) is 6.14. The summed E-state index contributed by atoms with van der Waals surface area (Å²) in [6.07, 6.45) is 1.000. The van der Waals surface area contributed by atoms with E-state index in [2.05, 4.69) is 30.8 Å². The molecule has 0 heterocycles. The van der Waals surface area contributed by atoms with Gasteiger partial charge in [0.25, 0.3) is 0 Å². The van der Waals surface area contributed by atoms with Crippen molar-refractivity contribution in [2.24, 2.45) is 5.41 Å². The molecule has 0 bridgehead atoms. The van der Waals surface area contributed by atoms with Gasteiger partial charge in [0, 0.05) is 12.2 Å². The maximum absolute atomic E-state index is 12.0. The SMILES string of the molecule is CC(C)(C)CCNc1ccc(OC(F)F)c(Cl)c1. The molecule has 0 aliphatic carbocycles. The Bertz CT molecular complexity index is 391. The molecule has 0 aliphatic heterocycles. The summed E-state index contributed by atoms with van der Waals surface area (Å²) in [4.78, 5) is 0. The number of rotatable bonds is 5. The van der Waals surface area contributed by atoms with Gasteiger partial charge in [-0.05, 0) is 30.0 Å². The van der Waals surface area contributed by atoms with Gasteiger partial charge in [-0.25, -0.2) is 0 Å². The minimum absolute atomic E-state index is 0.00645. The van der Waals surface area contributed by atoms with Crippen LogP contribution in [0.25, 0.3) is 0 Å². The van der Waals surface area contributed by atoms with Crippen LogP contribution < -0.4 is 10.1 Å². The molecular weight excluding hydrogens is 260 g/mol. The summed E-state index contributed by atoms with van der Waals surface area (Å²) in [5.74, 6) is -0.00645. The second-order valence-electron chi connectivity index (χ2n) is 5.26. The molecule has 2 nitrogen and oxygen atoms in total. The molecule has 0 saturated heterocycles. The van der Waals surface area contributed by atoms with Crippen LogP contribution in [0.2, 0.25) is 5.02 Å². The molecule has 0 unspecified atom stereocenters. The maximum atomic E-state index is 12.0. The Labute approximate surface area is 111 Å². The second-order valence-corrected chi connectivity index (χ2v) is 5.67. The lowest BCUT2D eigenvalue weighted by atomic mass is 9.92. The molecule has 1 rings (SSSR count). The van der Waals surface area contributed by atoms with E-state index in [-0.39, 0.29) is 16.2 Å². The molecule has 0 radical (unpaired) electrons. The van der Waals surface area contributed by atoms with Gasteiger partial charge >= 0.3 is 6.61 Å². The molecule has 0 aromatic heterocycles. The Kier molecular flexibility index (Phi) is 5.20. The van der Waals surface area contributed by atoms with Crippen LogP contribution in [0.3, 0.4) is 0 Å². The van der Waals surface area contributed by atoms with Crippen molar-refractivity contribution in [2.45, 2.75) is 33.8 Å². The van der Waals surface area contributed by atoms with E-state index in [0.717, 1.165) is 18.7 Å². The number of halogens is 3.